The van der Waals surface area contributed by atoms with Gasteiger partial charge in [-0.3, -0.25) is 4.79 Å². The molecule has 2 aromatic rings. The van der Waals surface area contributed by atoms with Crippen molar-refractivity contribution in [2.45, 2.75) is 18.9 Å². The van der Waals surface area contributed by atoms with Gasteiger partial charge in [-0.25, -0.2) is 13.1 Å². The van der Waals surface area contributed by atoms with Gasteiger partial charge in [-0.1, -0.05) is 60.1 Å². The molecule has 6 nitrogen and oxygen atoms in total. The van der Waals surface area contributed by atoms with Crippen molar-refractivity contribution in [2.24, 2.45) is 0 Å². The predicted octanol–water partition coefficient (Wildman–Crippen LogP) is 4.13. The van der Waals surface area contributed by atoms with E-state index in [-0.39, 0.29) is 18.5 Å². The first-order valence-corrected chi connectivity index (χ1v) is 11.8. The molecular formula is C21H23Cl2N3O3S. The molecule has 1 aliphatic heterocycles. The first-order chi connectivity index (χ1) is 14.3. The number of hydrogen-bond acceptors (Lipinski definition) is 4. The van der Waals surface area contributed by atoms with Gasteiger partial charge in [0.2, 0.25) is 15.9 Å². The summed E-state index contributed by atoms with van der Waals surface area (Å²) in [7, 11) is -3.47. The Morgan fingerprint density at radius 1 is 1.13 bits per heavy atom. The first kappa shape index (κ1) is 22.6. The molecular weight excluding hydrogens is 445 g/mol. The van der Waals surface area contributed by atoms with Crippen molar-refractivity contribution in [3.63, 3.8) is 0 Å². The Bertz CT molecular complexity index is 1020. The van der Waals surface area contributed by atoms with E-state index in [4.69, 9.17) is 23.2 Å². The second kappa shape index (κ2) is 9.83. The number of sulfonamides is 1. The molecule has 1 aliphatic rings. The van der Waals surface area contributed by atoms with E-state index in [1.54, 1.807) is 11.0 Å². The first-order valence-electron chi connectivity index (χ1n) is 9.50. The summed E-state index contributed by atoms with van der Waals surface area (Å²) in [5, 5.41) is 4.97. The highest BCUT2D eigenvalue weighted by molar-refractivity contribution is 7.92. The minimum Gasteiger partial charge on any atom is -0.375 e. The summed E-state index contributed by atoms with van der Waals surface area (Å²) in [5.74, 6) is -0.0766. The van der Waals surface area contributed by atoms with Gasteiger partial charge in [0, 0.05) is 30.1 Å². The highest BCUT2D eigenvalue weighted by Gasteiger charge is 2.25. The van der Waals surface area contributed by atoms with Crippen LogP contribution in [0.1, 0.15) is 12.8 Å². The molecule has 1 amide bonds. The summed E-state index contributed by atoms with van der Waals surface area (Å²) in [4.78, 5) is 14.3. The molecule has 0 aliphatic carbocycles. The normalized spacial score (nSPS) is 15.1. The average Bonchev–Trinajstić information content (AvgIpc) is 2.74. The summed E-state index contributed by atoms with van der Waals surface area (Å²) >= 11 is 12.7. The topological polar surface area (TPSA) is 78.5 Å². The van der Waals surface area contributed by atoms with Crippen LogP contribution in [0.3, 0.4) is 0 Å². The molecule has 0 radical (unpaired) electrons. The van der Waals surface area contributed by atoms with Crippen LogP contribution in [0.2, 0.25) is 10.0 Å². The van der Waals surface area contributed by atoms with E-state index in [1.165, 1.54) is 0 Å². The highest BCUT2D eigenvalue weighted by Crippen LogP contribution is 2.35. The number of carbonyl (C=O) groups excluding carboxylic acids is 1. The van der Waals surface area contributed by atoms with Crippen molar-refractivity contribution in [2.75, 3.05) is 25.0 Å². The zero-order valence-electron chi connectivity index (χ0n) is 16.3. The van der Waals surface area contributed by atoms with Crippen molar-refractivity contribution in [1.82, 2.24) is 9.62 Å². The number of benzene rings is 2. The Kier molecular flexibility index (Phi) is 7.41. The number of rotatable bonds is 7. The van der Waals surface area contributed by atoms with Gasteiger partial charge in [0.05, 0.1) is 22.3 Å². The number of hydrogen-bond donors (Lipinski definition) is 2. The molecule has 0 bridgehead atoms. The van der Waals surface area contributed by atoms with Crippen LogP contribution in [0.5, 0.6) is 0 Å². The number of nitrogens with zero attached hydrogens (tertiary/aromatic N) is 1. The zero-order valence-corrected chi connectivity index (χ0v) is 18.6. The standard InChI is InChI=1S/C21H23Cl2N3O3S/c1-2-30(28,29)25-16-8-10-26(11-9-16)21(27)14-24-20-12-17(18(22)13-19(20)23)15-6-4-3-5-7-15/h2-7,12-13,16,24-25H,1,8-11,14H2. The maximum Gasteiger partial charge on any atom is 0.241 e. The number of halogens is 2. The third kappa shape index (κ3) is 5.76. The van der Waals surface area contributed by atoms with Gasteiger partial charge in [0.25, 0.3) is 0 Å². The van der Waals surface area contributed by atoms with Gasteiger partial charge in [0.1, 0.15) is 0 Å². The van der Waals surface area contributed by atoms with E-state index < -0.39 is 10.0 Å². The van der Waals surface area contributed by atoms with Crippen LogP contribution in [0, 0.1) is 0 Å². The number of likely N-dealkylation sites (tertiary alicyclic amines) is 1. The van der Waals surface area contributed by atoms with E-state index >= 15 is 0 Å². The lowest BCUT2D eigenvalue weighted by molar-refractivity contribution is -0.130. The molecule has 2 N–H and O–H groups in total. The number of carbonyl (C=O) groups is 1. The molecule has 3 rings (SSSR count). The molecule has 1 fully saturated rings. The van der Waals surface area contributed by atoms with E-state index in [0.29, 0.717) is 41.7 Å². The minimum absolute atomic E-state index is 0.0766. The number of anilines is 1. The quantitative estimate of drug-likeness (QED) is 0.641. The van der Waals surface area contributed by atoms with Gasteiger partial charge in [-0.2, -0.15) is 0 Å². The van der Waals surface area contributed by atoms with Gasteiger partial charge < -0.3 is 10.2 Å². The van der Waals surface area contributed by atoms with Crippen LogP contribution >= 0.6 is 23.2 Å². The van der Waals surface area contributed by atoms with E-state index in [9.17, 15) is 13.2 Å². The van der Waals surface area contributed by atoms with E-state index in [2.05, 4.69) is 16.6 Å². The fourth-order valence-electron chi connectivity index (χ4n) is 3.33. The molecule has 30 heavy (non-hydrogen) atoms. The van der Waals surface area contributed by atoms with Crippen molar-refractivity contribution >= 4 is 44.8 Å². The number of amides is 1. The SMILES string of the molecule is C=CS(=O)(=O)NC1CCN(C(=O)CNc2cc(-c3ccccc3)c(Cl)cc2Cl)CC1. The summed E-state index contributed by atoms with van der Waals surface area (Å²) < 4.78 is 25.7. The fourth-order valence-corrected chi connectivity index (χ4v) is 4.69. The van der Waals surface area contributed by atoms with Crippen molar-refractivity contribution in [3.8, 4) is 11.1 Å². The summed E-state index contributed by atoms with van der Waals surface area (Å²) in [6.07, 6.45) is 1.11. The fraction of sp³-hybridized carbons (Fsp3) is 0.286. The second-order valence-electron chi connectivity index (χ2n) is 7.02. The monoisotopic (exact) mass is 467 g/mol. The van der Waals surface area contributed by atoms with Gasteiger partial charge in [-0.05, 0) is 30.5 Å². The van der Waals surface area contributed by atoms with Crippen LogP contribution < -0.4 is 10.0 Å². The Morgan fingerprint density at radius 3 is 2.43 bits per heavy atom. The Hall–Kier alpha value is -2.06. The predicted molar refractivity (Wildman–Crippen MR) is 122 cm³/mol. The van der Waals surface area contributed by atoms with Crippen LogP contribution in [-0.2, 0) is 14.8 Å². The third-order valence-corrected chi connectivity index (χ3v) is 6.70. The van der Waals surface area contributed by atoms with Crippen LogP contribution in [-0.4, -0.2) is 44.9 Å². The van der Waals surface area contributed by atoms with Crippen molar-refractivity contribution in [1.29, 1.82) is 0 Å². The average molecular weight is 468 g/mol. The molecule has 160 valence electrons. The molecule has 1 saturated heterocycles. The van der Waals surface area contributed by atoms with Gasteiger partial charge >= 0.3 is 0 Å². The molecule has 0 unspecified atom stereocenters. The van der Waals surface area contributed by atoms with Crippen LogP contribution in [0.25, 0.3) is 11.1 Å². The second-order valence-corrected chi connectivity index (χ2v) is 9.49. The van der Waals surface area contributed by atoms with E-state index in [0.717, 1.165) is 16.5 Å². The zero-order chi connectivity index (χ0) is 21.7. The molecule has 1 heterocycles. The Labute approximate surface area is 186 Å². The maximum atomic E-state index is 12.6. The molecule has 0 aromatic heterocycles. The van der Waals surface area contributed by atoms with Crippen LogP contribution in [0.15, 0.2) is 54.5 Å². The summed E-state index contributed by atoms with van der Waals surface area (Å²) in [6, 6.07) is 13.0. The lowest BCUT2D eigenvalue weighted by Crippen LogP contribution is -2.47. The largest absolute Gasteiger partial charge is 0.375 e. The summed E-state index contributed by atoms with van der Waals surface area (Å²) in [6.45, 7) is 4.33. The molecule has 0 saturated carbocycles. The highest BCUT2D eigenvalue weighted by atomic mass is 35.5. The van der Waals surface area contributed by atoms with Gasteiger partial charge in [-0.15, -0.1) is 0 Å². The smallest absolute Gasteiger partial charge is 0.241 e. The number of nitrogens with one attached hydrogen (secondary N) is 2. The lowest BCUT2D eigenvalue weighted by atomic mass is 10.0. The van der Waals surface area contributed by atoms with Crippen molar-refractivity contribution in [3.05, 3.63) is 64.5 Å². The number of piperidine rings is 1. The van der Waals surface area contributed by atoms with E-state index in [1.807, 2.05) is 36.4 Å². The molecule has 0 spiro atoms. The molecule has 9 heteroatoms. The van der Waals surface area contributed by atoms with Crippen LogP contribution in [0.4, 0.5) is 5.69 Å². The Morgan fingerprint density at radius 2 is 1.80 bits per heavy atom. The molecule has 0 atom stereocenters. The molecule has 2 aromatic carbocycles. The van der Waals surface area contributed by atoms with Gasteiger partial charge in [0.15, 0.2) is 0 Å². The van der Waals surface area contributed by atoms with Crippen molar-refractivity contribution < 1.29 is 13.2 Å². The minimum atomic E-state index is -3.47. The lowest BCUT2D eigenvalue weighted by Gasteiger charge is -2.32. The maximum absolute atomic E-state index is 12.6. The Balaban J connectivity index is 1.60. The third-order valence-electron chi connectivity index (χ3n) is 4.97. The summed E-state index contributed by atoms with van der Waals surface area (Å²) in [5.41, 5.74) is 2.41.